The van der Waals surface area contributed by atoms with Crippen LogP contribution in [0, 0.1) is 0 Å². The molecular weight excluding hydrogens is 354 g/mol. The summed E-state index contributed by atoms with van der Waals surface area (Å²) in [5, 5.41) is 13.7. The second-order valence-corrected chi connectivity index (χ2v) is 8.67. The summed E-state index contributed by atoms with van der Waals surface area (Å²) in [7, 11) is 0.930. The number of carbonyl (C=O) groups excluding carboxylic acids is 1. The van der Waals surface area contributed by atoms with Crippen molar-refractivity contribution in [3.8, 4) is 0 Å². The molecule has 1 fully saturated rings. The van der Waals surface area contributed by atoms with Gasteiger partial charge in [-0.05, 0) is 42.8 Å². The third kappa shape index (κ3) is 4.48. The van der Waals surface area contributed by atoms with E-state index in [9.17, 15) is 13.2 Å². The fourth-order valence-corrected chi connectivity index (χ4v) is 4.36. The molecule has 8 nitrogen and oxygen atoms in total. The van der Waals surface area contributed by atoms with Crippen molar-refractivity contribution in [3.05, 3.63) is 42.1 Å². The van der Waals surface area contributed by atoms with Gasteiger partial charge in [-0.1, -0.05) is 0 Å². The van der Waals surface area contributed by atoms with E-state index in [-0.39, 0.29) is 29.1 Å². The summed E-state index contributed by atoms with van der Waals surface area (Å²) in [5.74, 6) is 0.384. The van der Waals surface area contributed by atoms with E-state index in [1.807, 2.05) is 43.3 Å². The van der Waals surface area contributed by atoms with Crippen LogP contribution < -0.4 is 15.5 Å². The summed E-state index contributed by atoms with van der Waals surface area (Å²) in [6.07, 6.45) is 0.551. The maximum Gasteiger partial charge on any atom is 0.276 e. The molecule has 3 rings (SSSR count). The Morgan fingerprint density at radius 2 is 1.85 bits per heavy atom. The SMILES string of the molecule is CN(C)c1ccc(NC(=O)c2ccc(NC3CCS(=O)(=O)C3)nn2)cc1. The molecule has 0 radical (unpaired) electrons. The van der Waals surface area contributed by atoms with Crippen molar-refractivity contribution in [2.45, 2.75) is 12.5 Å². The fourth-order valence-electron chi connectivity index (χ4n) is 2.69. The topological polar surface area (TPSA) is 104 Å². The van der Waals surface area contributed by atoms with Crippen LogP contribution in [0.2, 0.25) is 0 Å². The number of aromatic nitrogens is 2. The Balaban J connectivity index is 1.60. The Bertz CT molecular complexity index is 880. The number of hydrogen-bond acceptors (Lipinski definition) is 7. The zero-order valence-corrected chi connectivity index (χ0v) is 15.5. The van der Waals surface area contributed by atoms with Crippen LogP contribution in [0.5, 0.6) is 0 Å². The Morgan fingerprint density at radius 1 is 1.12 bits per heavy atom. The van der Waals surface area contributed by atoms with E-state index in [1.54, 1.807) is 12.1 Å². The van der Waals surface area contributed by atoms with Gasteiger partial charge in [-0.25, -0.2) is 8.42 Å². The first-order chi connectivity index (χ1) is 12.3. The lowest BCUT2D eigenvalue weighted by molar-refractivity contribution is 0.102. The third-order valence-corrected chi connectivity index (χ3v) is 5.89. The van der Waals surface area contributed by atoms with E-state index in [4.69, 9.17) is 0 Å². The van der Waals surface area contributed by atoms with Crippen LogP contribution in [0.25, 0.3) is 0 Å². The van der Waals surface area contributed by atoms with Gasteiger partial charge in [0.15, 0.2) is 15.5 Å². The molecule has 2 aromatic rings. The molecule has 26 heavy (non-hydrogen) atoms. The molecule has 2 N–H and O–H groups in total. The van der Waals surface area contributed by atoms with Gasteiger partial charge in [0.25, 0.3) is 5.91 Å². The number of nitrogens with one attached hydrogen (secondary N) is 2. The highest BCUT2D eigenvalue weighted by Gasteiger charge is 2.28. The smallest absolute Gasteiger partial charge is 0.276 e. The normalized spacial score (nSPS) is 18.3. The van der Waals surface area contributed by atoms with Crippen LogP contribution in [0.3, 0.4) is 0 Å². The number of benzene rings is 1. The minimum absolute atomic E-state index is 0.0971. The largest absolute Gasteiger partial charge is 0.378 e. The number of anilines is 3. The van der Waals surface area contributed by atoms with Crippen molar-refractivity contribution in [3.63, 3.8) is 0 Å². The lowest BCUT2D eigenvalue weighted by Crippen LogP contribution is -2.22. The van der Waals surface area contributed by atoms with Gasteiger partial charge in [0.1, 0.15) is 5.82 Å². The molecule has 138 valence electrons. The van der Waals surface area contributed by atoms with E-state index in [1.165, 1.54) is 0 Å². The van der Waals surface area contributed by atoms with E-state index < -0.39 is 9.84 Å². The number of sulfone groups is 1. The maximum absolute atomic E-state index is 12.3. The number of amides is 1. The highest BCUT2D eigenvalue weighted by Crippen LogP contribution is 2.17. The Morgan fingerprint density at radius 3 is 2.38 bits per heavy atom. The van der Waals surface area contributed by atoms with Gasteiger partial charge in [-0.15, -0.1) is 10.2 Å². The second-order valence-electron chi connectivity index (χ2n) is 6.44. The van der Waals surface area contributed by atoms with Crippen molar-refractivity contribution >= 4 is 32.9 Å². The van der Waals surface area contributed by atoms with E-state index in [0.717, 1.165) is 5.69 Å². The van der Waals surface area contributed by atoms with Crippen molar-refractivity contribution in [2.75, 3.05) is 41.1 Å². The van der Waals surface area contributed by atoms with Crippen LogP contribution in [-0.4, -0.2) is 56.2 Å². The van der Waals surface area contributed by atoms with Gasteiger partial charge in [0.2, 0.25) is 0 Å². The average Bonchev–Trinajstić information content (AvgIpc) is 2.94. The fraction of sp³-hybridized carbons (Fsp3) is 0.353. The summed E-state index contributed by atoms with van der Waals surface area (Å²) in [6.45, 7) is 0. The van der Waals surface area contributed by atoms with Crippen LogP contribution in [0.4, 0.5) is 17.2 Å². The molecule has 1 aromatic carbocycles. The van der Waals surface area contributed by atoms with Crippen LogP contribution in [0.1, 0.15) is 16.9 Å². The van der Waals surface area contributed by atoms with E-state index in [2.05, 4.69) is 20.8 Å². The van der Waals surface area contributed by atoms with Crippen molar-refractivity contribution in [1.29, 1.82) is 0 Å². The van der Waals surface area contributed by atoms with Crippen LogP contribution in [-0.2, 0) is 9.84 Å². The molecule has 1 atom stereocenters. The third-order valence-electron chi connectivity index (χ3n) is 4.12. The Hall–Kier alpha value is -2.68. The molecule has 1 aliphatic rings. The zero-order valence-electron chi connectivity index (χ0n) is 14.6. The molecule has 1 saturated heterocycles. The number of carbonyl (C=O) groups is 1. The van der Waals surface area contributed by atoms with Crippen molar-refractivity contribution in [2.24, 2.45) is 0 Å². The summed E-state index contributed by atoms with van der Waals surface area (Å²) in [5.41, 5.74) is 1.89. The molecule has 1 aromatic heterocycles. The van der Waals surface area contributed by atoms with Crippen molar-refractivity contribution < 1.29 is 13.2 Å². The molecule has 1 unspecified atom stereocenters. The van der Waals surface area contributed by atoms with Gasteiger partial charge < -0.3 is 15.5 Å². The Labute approximate surface area is 152 Å². The summed E-state index contributed by atoms with van der Waals surface area (Å²) >= 11 is 0. The van der Waals surface area contributed by atoms with E-state index >= 15 is 0 Å². The molecule has 0 bridgehead atoms. The number of nitrogens with zero attached hydrogens (tertiary/aromatic N) is 3. The van der Waals surface area contributed by atoms with Gasteiger partial charge in [-0.3, -0.25) is 4.79 Å². The highest BCUT2D eigenvalue weighted by molar-refractivity contribution is 7.91. The minimum Gasteiger partial charge on any atom is -0.378 e. The van der Waals surface area contributed by atoms with Crippen LogP contribution >= 0.6 is 0 Å². The Kier molecular flexibility index (Phi) is 5.08. The molecule has 2 heterocycles. The summed E-state index contributed by atoms with van der Waals surface area (Å²) in [6, 6.07) is 10.5. The molecule has 1 aliphatic heterocycles. The van der Waals surface area contributed by atoms with Gasteiger partial charge >= 0.3 is 0 Å². The molecule has 1 amide bonds. The first-order valence-electron chi connectivity index (χ1n) is 8.22. The minimum atomic E-state index is -2.96. The predicted octanol–water partition coefficient (Wildman–Crippen LogP) is 1.39. The molecule has 9 heteroatoms. The number of hydrogen-bond donors (Lipinski definition) is 2. The first kappa shape index (κ1) is 18.1. The first-order valence-corrected chi connectivity index (χ1v) is 10.0. The molecule has 0 aliphatic carbocycles. The maximum atomic E-state index is 12.3. The van der Waals surface area contributed by atoms with Gasteiger partial charge in [0, 0.05) is 31.5 Å². The molecular formula is C17H21N5O3S. The molecule has 0 saturated carbocycles. The second kappa shape index (κ2) is 7.28. The summed E-state index contributed by atoms with van der Waals surface area (Å²) in [4.78, 5) is 14.2. The molecule has 0 spiro atoms. The average molecular weight is 375 g/mol. The predicted molar refractivity (Wildman–Crippen MR) is 101 cm³/mol. The zero-order chi connectivity index (χ0) is 18.7. The highest BCUT2D eigenvalue weighted by atomic mass is 32.2. The standard InChI is InChI=1S/C17H21N5O3S/c1-22(2)14-5-3-12(4-6-14)19-17(23)15-7-8-16(21-20-15)18-13-9-10-26(24,25)11-13/h3-8,13H,9-11H2,1-2H3,(H,18,21)(H,19,23). The van der Waals surface area contributed by atoms with Gasteiger partial charge in [0.05, 0.1) is 11.5 Å². The van der Waals surface area contributed by atoms with Crippen LogP contribution in [0.15, 0.2) is 36.4 Å². The van der Waals surface area contributed by atoms with Gasteiger partial charge in [-0.2, -0.15) is 0 Å². The summed E-state index contributed by atoms with van der Waals surface area (Å²) < 4.78 is 22.9. The van der Waals surface area contributed by atoms with E-state index in [0.29, 0.717) is 17.9 Å². The quantitative estimate of drug-likeness (QED) is 0.814. The number of rotatable bonds is 5. The lowest BCUT2D eigenvalue weighted by Gasteiger charge is -2.13. The monoisotopic (exact) mass is 375 g/mol. The lowest BCUT2D eigenvalue weighted by atomic mass is 10.2. The van der Waals surface area contributed by atoms with Crippen molar-refractivity contribution in [1.82, 2.24) is 10.2 Å².